The van der Waals surface area contributed by atoms with E-state index < -0.39 is 11.4 Å². The molecule has 0 bridgehead atoms. The smallest absolute Gasteiger partial charge is 0.254 e. The minimum Gasteiger partial charge on any atom is -0.382 e. The number of terminal acetylenes is 1. The lowest BCUT2D eigenvalue weighted by molar-refractivity contribution is 0.0930. The van der Waals surface area contributed by atoms with Crippen molar-refractivity contribution < 1.29 is 9.18 Å². The molecule has 0 saturated carbocycles. The van der Waals surface area contributed by atoms with Crippen LogP contribution in [0.2, 0.25) is 0 Å². The third kappa shape index (κ3) is 3.99. The summed E-state index contributed by atoms with van der Waals surface area (Å²) < 4.78 is 13.8. The van der Waals surface area contributed by atoms with Crippen molar-refractivity contribution in [2.75, 3.05) is 11.9 Å². The quantitative estimate of drug-likeness (QED) is 0.801. The largest absolute Gasteiger partial charge is 0.382 e. The molecule has 4 heteroatoms. The lowest BCUT2D eigenvalue weighted by Crippen LogP contribution is -2.42. The molecule has 0 radical (unpaired) electrons. The van der Waals surface area contributed by atoms with Gasteiger partial charge in [0.05, 0.1) is 16.8 Å². The van der Waals surface area contributed by atoms with Crippen LogP contribution in [0.15, 0.2) is 18.2 Å². The van der Waals surface area contributed by atoms with Crippen LogP contribution in [-0.2, 0) is 0 Å². The Hall–Kier alpha value is -2.02. The summed E-state index contributed by atoms with van der Waals surface area (Å²) in [6.07, 6.45) is 6.16. The Kier molecular flexibility index (Phi) is 4.94. The summed E-state index contributed by atoms with van der Waals surface area (Å²) in [5, 5.41) is 5.61. The first kappa shape index (κ1) is 15.0. The first-order valence-corrected chi connectivity index (χ1v) is 6.24. The Balaban J connectivity index is 3.03. The summed E-state index contributed by atoms with van der Waals surface area (Å²) in [7, 11) is 0. The van der Waals surface area contributed by atoms with Gasteiger partial charge in [0.15, 0.2) is 0 Å². The summed E-state index contributed by atoms with van der Waals surface area (Å²) >= 11 is 0. The van der Waals surface area contributed by atoms with Gasteiger partial charge in [-0.15, -0.1) is 6.42 Å². The van der Waals surface area contributed by atoms with Crippen molar-refractivity contribution in [3.8, 4) is 12.3 Å². The molecule has 0 aromatic heterocycles. The fourth-order valence-electron chi connectivity index (χ4n) is 1.53. The predicted molar refractivity (Wildman–Crippen MR) is 75.6 cm³/mol. The SMILES string of the molecule is C#CC(C)(C)NC(=O)c1cccc(F)c1NCCC. The molecule has 0 aliphatic carbocycles. The van der Waals surface area contributed by atoms with Crippen molar-refractivity contribution in [2.24, 2.45) is 0 Å². The van der Waals surface area contributed by atoms with E-state index >= 15 is 0 Å². The molecule has 0 spiro atoms. The van der Waals surface area contributed by atoms with Gasteiger partial charge in [-0.2, -0.15) is 0 Å². The van der Waals surface area contributed by atoms with Gasteiger partial charge in [0.1, 0.15) is 5.82 Å². The zero-order valence-electron chi connectivity index (χ0n) is 11.5. The van der Waals surface area contributed by atoms with Gasteiger partial charge in [-0.05, 0) is 32.4 Å². The van der Waals surface area contributed by atoms with Crippen LogP contribution in [0, 0.1) is 18.2 Å². The van der Waals surface area contributed by atoms with E-state index in [2.05, 4.69) is 16.6 Å². The molecule has 1 aromatic carbocycles. The number of amides is 1. The molecular weight excluding hydrogens is 243 g/mol. The highest BCUT2D eigenvalue weighted by atomic mass is 19.1. The molecule has 0 aliphatic rings. The number of carbonyl (C=O) groups excluding carboxylic acids is 1. The molecule has 3 nitrogen and oxygen atoms in total. The number of carbonyl (C=O) groups is 1. The molecule has 1 aromatic rings. The fraction of sp³-hybridized carbons (Fsp3) is 0.400. The average Bonchev–Trinajstić information content (AvgIpc) is 2.36. The topological polar surface area (TPSA) is 41.1 Å². The number of rotatable bonds is 5. The molecule has 19 heavy (non-hydrogen) atoms. The Morgan fingerprint density at radius 1 is 1.47 bits per heavy atom. The van der Waals surface area contributed by atoms with Gasteiger partial charge in [-0.25, -0.2) is 4.39 Å². The molecule has 1 rings (SSSR count). The average molecular weight is 262 g/mol. The summed E-state index contributed by atoms with van der Waals surface area (Å²) in [6.45, 7) is 5.99. The molecule has 0 atom stereocenters. The summed E-state index contributed by atoms with van der Waals surface area (Å²) in [5.41, 5.74) is -0.294. The highest BCUT2D eigenvalue weighted by molar-refractivity contribution is 6.00. The molecule has 2 N–H and O–H groups in total. The maximum atomic E-state index is 13.8. The van der Waals surface area contributed by atoms with Crippen LogP contribution in [0.25, 0.3) is 0 Å². The van der Waals surface area contributed by atoms with E-state index in [0.717, 1.165) is 6.42 Å². The molecule has 102 valence electrons. The molecule has 0 unspecified atom stereocenters. The van der Waals surface area contributed by atoms with E-state index in [0.29, 0.717) is 6.54 Å². The van der Waals surface area contributed by atoms with E-state index in [9.17, 15) is 9.18 Å². The second-order valence-electron chi connectivity index (χ2n) is 4.81. The van der Waals surface area contributed by atoms with Crippen molar-refractivity contribution in [3.05, 3.63) is 29.6 Å². The number of benzene rings is 1. The lowest BCUT2D eigenvalue weighted by Gasteiger charge is -2.21. The monoisotopic (exact) mass is 262 g/mol. The summed E-state index contributed by atoms with van der Waals surface area (Å²) in [6, 6.07) is 4.40. The molecule has 0 heterocycles. The Bertz CT molecular complexity index is 503. The highest BCUT2D eigenvalue weighted by Crippen LogP contribution is 2.20. The molecule has 0 fully saturated rings. The van der Waals surface area contributed by atoms with Crippen molar-refractivity contribution >= 4 is 11.6 Å². The lowest BCUT2D eigenvalue weighted by atomic mass is 10.1. The number of hydrogen-bond donors (Lipinski definition) is 2. The van der Waals surface area contributed by atoms with Gasteiger partial charge in [0.2, 0.25) is 0 Å². The van der Waals surface area contributed by atoms with Crippen molar-refractivity contribution in [2.45, 2.75) is 32.7 Å². The number of halogens is 1. The van der Waals surface area contributed by atoms with Crippen LogP contribution in [0.4, 0.5) is 10.1 Å². The van der Waals surface area contributed by atoms with Crippen LogP contribution in [0.3, 0.4) is 0 Å². The van der Waals surface area contributed by atoms with Gasteiger partial charge in [-0.1, -0.05) is 18.9 Å². The molecule has 0 aliphatic heterocycles. The molecule has 0 saturated heterocycles. The van der Waals surface area contributed by atoms with E-state index in [1.54, 1.807) is 19.9 Å². The first-order chi connectivity index (χ1) is 8.91. The van der Waals surface area contributed by atoms with Gasteiger partial charge in [0.25, 0.3) is 5.91 Å². The standard InChI is InChI=1S/C15H19FN2O/c1-5-10-17-13-11(8-7-9-12(13)16)14(19)18-15(3,4)6-2/h2,7-9,17H,5,10H2,1,3-4H3,(H,18,19). The van der Waals surface area contributed by atoms with Crippen molar-refractivity contribution in [3.63, 3.8) is 0 Å². The fourth-order valence-corrected chi connectivity index (χ4v) is 1.53. The van der Waals surface area contributed by atoms with Gasteiger partial charge in [-0.3, -0.25) is 4.79 Å². The van der Waals surface area contributed by atoms with Crippen LogP contribution >= 0.6 is 0 Å². The van der Waals surface area contributed by atoms with Gasteiger partial charge < -0.3 is 10.6 Å². The third-order valence-electron chi connectivity index (χ3n) is 2.60. The zero-order chi connectivity index (χ0) is 14.5. The van der Waals surface area contributed by atoms with Gasteiger partial charge in [0, 0.05) is 6.54 Å². The van der Waals surface area contributed by atoms with Crippen LogP contribution in [-0.4, -0.2) is 18.0 Å². The summed E-state index contributed by atoms with van der Waals surface area (Å²) in [5.74, 6) is 1.64. The van der Waals surface area contributed by atoms with Gasteiger partial charge >= 0.3 is 0 Å². The van der Waals surface area contributed by atoms with E-state index in [1.165, 1.54) is 12.1 Å². The second kappa shape index (κ2) is 6.24. The van der Waals surface area contributed by atoms with Crippen LogP contribution in [0.1, 0.15) is 37.6 Å². The maximum absolute atomic E-state index is 13.8. The van der Waals surface area contributed by atoms with Crippen LogP contribution in [0.5, 0.6) is 0 Å². The number of para-hydroxylation sites is 1. The predicted octanol–water partition coefficient (Wildman–Crippen LogP) is 2.79. The van der Waals surface area contributed by atoms with E-state index in [1.807, 2.05) is 6.92 Å². The minimum atomic E-state index is -0.772. The Labute approximate surface area is 113 Å². The molecular formula is C15H19FN2O. The number of anilines is 1. The first-order valence-electron chi connectivity index (χ1n) is 6.24. The Morgan fingerprint density at radius 3 is 2.74 bits per heavy atom. The maximum Gasteiger partial charge on any atom is 0.254 e. The molecule has 1 amide bonds. The minimum absolute atomic E-state index is 0.217. The van der Waals surface area contributed by atoms with E-state index in [4.69, 9.17) is 6.42 Å². The number of nitrogens with one attached hydrogen (secondary N) is 2. The van der Waals surface area contributed by atoms with Crippen molar-refractivity contribution in [1.29, 1.82) is 0 Å². The van der Waals surface area contributed by atoms with Crippen LogP contribution < -0.4 is 10.6 Å². The number of hydrogen-bond acceptors (Lipinski definition) is 2. The van der Waals surface area contributed by atoms with Crippen molar-refractivity contribution in [1.82, 2.24) is 5.32 Å². The third-order valence-corrected chi connectivity index (χ3v) is 2.60. The normalized spacial score (nSPS) is 10.7. The summed E-state index contributed by atoms with van der Waals surface area (Å²) in [4.78, 5) is 12.1. The zero-order valence-corrected chi connectivity index (χ0v) is 11.5. The van der Waals surface area contributed by atoms with E-state index in [-0.39, 0.29) is 17.2 Å². The second-order valence-corrected chi connectivity index (χ2v) is 4.81. The highest BCUT2D eigenvalue weighted by Gasteiger charge is 2.21. The Morgan fingerprint density at radius 2 is 2.16 bits per heavy atom.